The van der Waals surface area contributed by atoms with Crippen molar-refractivity contribution < 1.29 is 27.0 Å². The lowest BCUT2D eigenvalue weighted by atomic mass is 9.93. The standard InChI is InChI=1S/C33H40Cl2N6O6S2/c1-5-47-28-15-14-26(49(44,45)38(2)46-3)20-27(28)32-37-30(22-6-10-24(34)11-7-22)31(23-8-12-25(35)13-9-23)41(32)33(42)40-18-16-39(17-19-40)21-29(36)48(4)43/h6-15,20,29-31H,5,16-19,21,36H2,1-4H3/t29?,30-,31+,48?/m0/s1. The number of nitrogens with two attached hydrogens (primary N) is 1. The van der Waals surface area contributed by atoms with E-state index in [-0.39, 0.29) is 23.4 Å². The van der Waals surface area contributed by atoms with Crippen LogP contribution in [0.4, 0.5) is 4.79 Å². The number of nitrogens with zero attached hydrogens (tertiary/aromatic N) is 5. The SMILES string of the molecule is CCOc1ccc(S(=O)(=O)N(C)OC)cc1C1=N[C@@H](c2ccc(Cl)cc2)[C@@H](c2ccc(Cl)cc2)N1C(=O)N1CCN(CC(N)S(C)=O)CC1. The molecule has 1 saturated heterocycles. The van der Waals surface area contributed by atoms with Crippen LogP contribution in [-0.4, -0.2) is 109 Å². The zero-order valence-electron chi connectivity index (χ0n) is 27.7. The first kappa shape index (κ1) is 37.2. The Bertz CT molecular complexity index is 1800. The minimum Gasteiger partial charge on any atom is -0.493 e. The van der Waals surface area contributed by atoms with Crippen LogP contribution in [0.15, 0.2) is 76.6 Å². The maximum absolute atomic E-state index is 14.9. The molecule has 0 aliphatic carbocycles. The Morgan fingerprint density at radius 1 is 1.02 bits per heavy atom. The summed E-state index contributed by atoms with van der Waals surface area (Å²) in [6, 6.07) is 17.4. The summed E-state index contributed by atoms with van der Waals surface area (Å²) in [5.41, 5.74) is 7.97. The summed E-state index contributed by atoms with van der Waals surface area (Å²) in [5.74, 6) is 0.604. The molecule has 0 bridgehead atoms. The van der Waals surface area contributed by atoms with Crippen molar-refractivity contribution >= 4 is 55.9 Å². The first-order valence-corrected chi connectivity index (χ1v) is 19.4. The number of urea groups is 1. The molecule has 0 aromatic heterocycles. The van der Waals surface area contributed by atoms with Crippen LogP contribution in [-0.2, 0) is 25.7 Å². The molecule has 3 aromatic rings. The average Bonchev–Trinajstić information content (AvgIpc) is 3.49. The second kappa shape index (κ2) is 15.9. The number of amidine groups is 1. The summed E-state index contributed by atoms with van der Waals surface area (Å²) < 4.78 is 45.5. The number of benzene rings is 3. The molecule has 2 amide bonds. The van der Waals surface area contributed by atoms with Crippen LogP contribution >= 0.6 is 23.2 Å². The summed E-state index contributed by atoms with van der Waals surface area (Å²) in [7, 11) is -2.69. The van der Waals surface area contributed by atoms with Crippen LogP contribution in [0, 0.1) is 0 Å². The van der Waals surface area contributed by atoms with Gasteiger partial charge in [-0.2, -0.15) is 0 Å². The molecule has 2 aliphatic heterocycles. The van der Waals surface area contributed by atoms with Gasteiger partial charge in [-0.3, -0.25) is 23.8 Å². The third kappa shape index (κ3) is 8.12. The number of hydrogen-bond donors (Lipinski definition) is 1. The third-order valence-electron chi connectivity index (χ3n) is 8.59. The second-order valence-electron chi connectivity index (χ2n) is 11.6. The molecule has 12 nitrogen and oxygen atoms in total. The maximum Gasteiger partial charge on any atom is 0.326 e. The Morgan fingerprint density at radius 3 is 2.16 bits per heavy atom. The highest BCUT2D eigenvalue weighted by molar-refractivity contribution is 7.89. The van der Waals surface area contributed by atoms with Crippen LogP contribution < -0.4 is 10.5 Å². The quantitative estimate of drug-likeness (QED) is 0.283. The highest BCUT2D eigenvalue weighted by atomic mass is 35.5. The van der Waals surface area contributed by atoms with E-state index in [2.05, 4.69) is 4.90 Å². The molecule has 2 aliphatic rings. The van der Waals surface area contributed by atoms with Gasteiger partial charge in [0.1, 0.15) is 17.6 Å². The van der Waals surface area contributed by atoms with Crippen molar-refractivity contribution in [1.29, 1.82) is 0 Å². The van der Waals surface area contributed by atoms with Crippen LogP contribution in [0.2, 0.25) is 10.0 Å². The van der Waals surface area contributed by atoms with Gasteiger partial charge in [0.2, 0.25) is 0 Å². The van der Waals surface area contributed by atoms with E-state index in [4.69, 9.17) is 43.5 Å². The van der Waals surface area contributed by atoms with Crippen molar-refractivity contribution in [2.45, 2.75) is 29.3 Å². The number of rotatable bonds is 11. The highest BCUT2D eigenvalue weighted by Gasteiger charge is 2.45. The number of hydrogen-bond acceptors (Lipinski definition) is 9. The minimum atomic E-state index is -4.07. The van der Waals surface area contributed by atoms with E-state index in [9.17, 15) is 17.4 Å². The normalized spacial score (nSPS) is 20.0. The molecule has 4 atom stereocenters. The van der Waals surface area contributed by atoms with Gasteiger partial charge < -0.3 is 15.4 Å². The lowest BCUT2D eigenvalue weighted by Crippen LogP contribution is -2.55. The number of sulfonamides is 1. The Morgan fingerprint density at radius 2 is 1.61 bits per heavy atom. The van der Waals surface area contributed by atoms with Crippen LogP contribution in [0.3, 0.4) is 0 Å². The van der Waals surface area contributed by atoms with Crippen molar-refractivity contribution in [3.05, 3.63) is 93.5 Å². The molecule has 264 valence electrons. The second-order valence-corrected chi connectivity index (χ2v) is 16.0. The number of piperazine rings is 1. The van der Waals surface area contributed by atoms with Crippen LogP contribution in [0.25, 0.3) is 0 Å². The molecular weight excluding hydrogens is 711 g/mol. The summed E-state index contributed by atoms with van der Waals surface area (Å²) in [6.45, 7) is 4.38. The van der Waals surface area contributed by atoms with Gasteiger partial charge in [0, 0.05) is 66.9 Å². The predicted molar refractivity (Wildman–Crippen MR) is 192 cm³/mol. The van der Waals surface area contributed by atoms with Crippen molar-refractivity contribution in [2.24, 2.45) is 10.7 Å². The molecule has 2 N–H and O–H groups in total. The van der Waals surface area contributed by atoms with Gasteiger partial charge in [-0.15, -0.1) is 0 Å². The largest absolute Gasteiger partial charge is 0.493 e. The minimum absolute atomic E-state index is 0.0679. The van der Waals surface area contributed by atoms with E-state index in [1.165, 1.54) is 26.3 Å². The van der Waals surface area contributed by atoms with Crippen molar-refractivity contribution in [3.63, 3.8) is 0 Å². The Balaban J connectivity index is 1.66. The number of ether oxygens (including phenoxy) is 1. The lowest BCUT2D eigenvalue weighted by molar-refractivity contribution is -0.0258. The number of aliphatic imine (C=N–C) groups is 1. The fraction of sp³-hybridized carbons (Fsp3) is 0.394. The fourth-order valence-electron chi connectivity index (χ4n) is 5.86. The van der Waals surface area contributed by atoms with Gasteiger partial charge >= 0.3 is 6.03 Å². The molecule has 16 heteroatoms. The molecule has 0 saturated carbocycles. The zero-order valence-corrected chi connectivity index (χ0v) is 30.8. The first-order chi connectivity index (χ1) is 23.3. The van der Waals surface area contributed by atoms with E-state index in [1.54, 1.807) is 46.4 Å². The van der Waals surface area contributed by atoms with Crippen molar-refractivity contribution in [2.75, 3.05) is 59.7 Å². The number of halogens is 2. The van der Waals surface area contributed by atoms with Gasteiger partial charge in [-0.1, -0.05) is 51.9 Å². The molecule has 1 fully saturated rings. The van der Waals surface area contributed by atoms with Crippen molar-refractivity contribution in [3.8, 4) is 5.75 Å². The molecule has 49 heavy (non-hydrogen) atoms. The Kier molecular flexibility index (Phi) is 12.0. The van der Waals surface area contributed by atoms with E-state index in [0.29, 0.717) is 54.1 Å². The predicted octanol–water partition coefficient (Wildman–Crippen LogP) is 4.52. The maximum atomic E-state index is 14.9. The van der Waals surface area contributed by atoms with E-state index >= 15 is 0 Å². The number of hydroxylamine groups is 1. The van der Waals surface area contributed by atoms with Crippen molar-refractivity contribution in [1.82, 2.24) is 19.2 Å². The first-order valence-electron chi connectivity index (χ1n) is 15.6. The van der Waals surface area contributed by atoms with Crippen LogP contribution in [0.5, 0.6) is 5.75 Å². The van der Waals surface area contributed by atoms with E-state index in [1.807, 2.05) is 31.2 Å². The summed E-state index contributed by atoms with van der Waals surface area (Å²) in [5, 5.41) is 0.585. The van der Waals surface area contributed by atoms with Crippen LogP contribution in [0.1, 0.15) is 35.7 Å². The summed E-state index contributed by atoms with van der Waals surface area (Å²) in [4.78, 5) is 30.5. The Hall–Kier alpha value is -3.08. The molecule has 2 heterocycles. The molecule has 5 rings (SSSR count). The molecular formula is C33H40Cl2N6O6S2. The summed E-state index contributed by atoms with van der Waals surface area (Å²) in [6.07, 6.45) is 1.58. The molecule has 2 unspecified atom stereocenters. The lowest BCUT2D eigenvalue weighted by Gasteiger charge is -2.39. The summed E-state index contributed by atoms with van der Waals surface area (Å²) >= 11 is 12.6. The Labute approximate surface area is 299 Å². The van der Waals surface area contributed by atoms with E-state index in [0.717, 1.165) is 15.6 Å². The number of carbonyl (C=O) groups excluding carboxylic acids is 1. The molecule has 0 spiro atoms. The van der Waals surface area contributed by atoms with Gasteiger partial charge in [0.05, 0.1) is 35.6 Å². The van der Waals surface area contributed by atoms with Gasteiger partial charge in [-0.25, -0.2) is 13.2 Å². The van der Waals surface area contributed by atoms with Gasteiger partial charge in [0.15, 0.2) is 0 Å². The highest BCUT2D eigenvalue weighted by Crippen LogP contribution is 2.46. The fourth-order valence-corrected chi connectivity index (χ4v) is 7.53. The van der Waals surface area contributed by atoms with E-state index < -0.39 is 38.3 Å². The average molecular weight is 752 g/mol. The molecule has 3 aromatic carbocycles. The molecule has 0 radical (unpaired) electrons. The monoisotopic (exact) mass is 750 g/mol. The smallest absolute Gasteiger partial charge is 0.326 e. The number of amides is 2. The number of carbonyl (C=O) groups is 1. The topological polar surface area (TPSA) is 138 Å². The zero-order chi connectivity index (χ0) is 35.5. The van der Waals surface area contributed by atoms with Gasteiger partial charge in [0.25, 0.3) is 10.0 Å². The third-order valence-corrected chi connectivity index (χ3v) is 11.8. The van der Waals surface area contributed by atoms with Gasteiger partial charge in [-0.05, 0) is 60.5 Å².